The zero-order valence-electron chi connectivity index (χ0n) is 14.2. The van der Waals surface area contributed by atoms with Crippen LogP contribution in [0.25, 0.3) is 22.2 Å². The summed E-state index contributed by atoms with van der Waals surface area (Å²) in [7, 11) is 0. The fourth-order valence-corrected chi connectivity index (χ4v) is 4.15. The maximum atomic E-state index is 12.6. The zero-order chi connectivity index (χ0) is 16.8. The highest BCUT2D eigenvalue weighted by molar-refractivity contribution is 5.94. The van der Waals surface area contributed by atoms with E-state index in [1.165, 1.54) is 25.9 Å². The van der Waals surface area contributed by atoms with Gasteiger partial charge in [0.2, 0.25) is 5.95 Å². The molecule has 0 aliphatic carbocycles. The Hall–Kier alpha value is -2.38. The van der Waals surface area contributed by atoms with E-state index in [0.29, 0.717) is 23.6 Å². The van der Waals surface area contributed by atoms with Gasteiger partial charge < -0.3 is 15.2 Å². The number of benzene rings is 1. The molecule has 8 heteroatoms. The van der Waals surface area contributed by atoms with Crippen molar-refractivity contribution in [2.75, 3.05) is 25.0 Å². The van der Waals surface area contributed by atoms with Crippen LogP contribution in [-0.4, -0.2) is 50.7 Å². The number of halogens is 1. The Morgan fingerprint density at radius 2 is 1.96 bits per heavy atom. The highest BCUT2D eigenvalue weighted by atomic mass is 35.5. The zero-order valence-corrected chi connectivity index (χ0v) is 15.1. The van der Waals surface area contributed by atoms with Gasteiger partial charge in [0, 0.05) is 35.2 Å². The van der Waals surface area contributed by atoms with Gasteiger partial charge in [0.1, 0.15) is 0 Å². The largest absolute Gasteiger partial charge is 0.360 e. The van der Waals surface area contributed by atoms with Crippen molar-refractivity contribution in [1.29, 1.82) is 0 Å². The maximum Gasteiger partial charge on any atom is 0.279 e. The van der Waals surface area contributed by atoms with Gasteiger partial charge in [-0.25, -0.2) is 0 Å². The van der Waals surface area contributed by atoms with Crippen molar-refractivity contribution in [3.8, 4) is 11.3 Å². The second-order valence-electron chi connectivity index (χ2n) is 6.99. The normalized spacial score (nSPS) is 24.4. The number of hydrogen-bond donors (Lipinski definition) is 3. The first-order valence-electron chi connectivity index (χ1n) is 8.80. The van der Waals surface area contributed by atoms with Gasteiger partial charge in [0.25, 0.3) is 5.56 Å². The van der Waals surface area contributed by atoms with Gasteiger partial charge in [0.05, 0.1) is 0 Å². The molecule has 6 rings (SSSR count). The Morgan fingerprint density at radius 3 is 2.69 bits per heavy atom. The number of aromatic amines is 2. The van der Waals surface area contributed by atoms with Crippen LogP contribution in [0.2, 0.25) is 0 Å². The molecule has 0 unspecified atom stereocenters. The molecule has 3 N–H and O–H groups in total. The van der Waals surface area contributed by atoms with Crippen LogP contribution < -0.4 is 10.9 Å². The molecule has 3 fully saturated rings. The second kappa shape index (κ2) is 6.74. The molecule has 3 saturated heterocycles. The summed E-state index contributed by atoms with van der Waals surface area (Å²) < 4.78 is 0. The lowest BCUT2D eigenvalue weighted by Crippen LogP contribution is -2.53. The lowest BCUT2D eigenvalue weighted by molar-refractivity contribution is 0.0971. The van der Waals surface area contributed by atoms with E-state index in [-0.39, 0.29) is 18.0 Å². The van der Waals surface area contributed by atoms with Crippen LogP contribution in [0.5, 0.6) is 0 Å². The first-order valence-corrected chi connectivity index (χ1v) is 8.80. The van der Waals surface area contributed by atoms with Crippen molar-refractivity contribution in [2.45, 2.75) is 18.9 Å². The topological polar surface area (TPSA) is 89.7 Å². The minimum absolute atomic E-state index is 0. The van der Waals surface area contributed by atoms with E-state index in [4.69, 9.17) is 0 Å². The first-order chi connectivity index (χ1) is 12.3. The molecule has 0 saturated carbocycles. The molecule has 3 aromatic rings. The summed E-state index contributed by atoms with van der Waals surface area (Å²) in [5.74, 6) is 1.12. The molecule has 7 nitrogen and oxygen atoms in total. The van der Waals surface area contributed by atoms with Gasteiger partial charge in [-0.2, -0.15) is 0 Å². The predicted octanol–water partition coefficient (Wildman–Crippen LogP) is 2.24. The minimum Gasteiger partial charge on any atom is -0.360 e. The van der Waals surface area contributed by atoms with Crippen molar-refractivity contribution in [2.24, 2.45) is 5.92 Å². The molecule has 136 valence electrons. The molecule has 2 bridgehead atoms. The van der Waals surface area contributed by atoms with Crippen molar-refractivity contribution in [3.05, 3.63) is 40.8 Å². The fraction of sp³-hybridized carbons (Fsp3) is 0.389. The molecular formula is C18H21ClN6O. The maximum absolute atomic E-state index is 12.6. The molecule has 5 heterocycles. The van der Waals surface area contributed by atoms with Gasteiger partial charge in [-0.3, -0.25) is 9.78 Å². The van der Waals surface area contributed by atoms with Crippen molar-refractivity contribution in [1.82, 2.24) is 25.1 Å². The van der Waals surface area contributed by atoms with Crippen LogP contribution in [0.15, 0.2) is 35.3 Å². The summed E-state index contributed by atoms with van der Waals surface area (Å²) >= 11 is 0. The van der Waals surface area contributed by atoms with Crippen LogP contribution in [0.4, 0.5) is 5.95 Å². The van der Waals surface area contributed by atoms with Crippen molar-refractivity contribution >= 4 is 29.3 Å². The van der Waals surface area contributed by atoms with Gasteiger partial charge in [-0.05, 0) is 37.9 Å². The number of nitrogens with zero attached hydrogens (tertiary/aromatic N) is 3. The van der Waals surface area contributed by atoms with Crippen LogP contribution in [0, 0.1) is 5.92 Å². The summed E-state index contributed by atoms with van der Waals surface area (Å²) in [6.45, 7) is 3.38. The SMILES string of the molecule is Cl.O=c1[nH]c(N[C@H]2CN3CCC2CC3)nnc1-c1c[nH]c2ccccc12. The monoisotopic (exact) mass is 372 g/mol. The predicted molar refractivity (Wildman–Crippen MR) is 104 cm³/mol. The smallest absolute Gasteiger partial charge is 0.279 e. The highest BCUT2D eigenvalue weighted by Gasteiger charge is 2.34. The van der Waals surface area contributed by atoms with E-state index < -0.39 is 0 Å². The van der Waals surface area contributed by atoms with E-state index in [1.54, 1.807) is 0 Å². The molecular weight excluding hydrogens is 352 g/mol. The summed E-state index contributed by atoms with van der Waals surface area (Å²) in [6, 6.07) is 8.20. The molecule has 0 radical (unpaired) electrons. The Morgan fingerprint density at radius 1 is 1.15 bits per heavy atom. The molecule has 1 aromatic carbocycles. The van der Waals surface area contributed by atoms with E-state index in [2.05, 4.69) is 30.4 Å². The van der Waals surface area contributed by atoms with Crippen LogP contribution in [0.3, 0.4) is 0 Å². The van der Waals surface area contributed by atoms with Gasteiger partial charge in [-0.1, -0.05) is 18.2 Å². The third kappa shape index (κ3) is 2.87. The van der Waals surface area contributed by atoms with E-state index in [0.717, 1.165) is 23.0 Å². The Bertz CT molecular complexity index is 975. The number of H-pyrrole nitrogens is 2. The first kappa shape index (κ1) is 17.1. The number of rotatable bonds is 3. The average Bonchev–Trinajstić information content (AvgIpc) is 3.07. The van der Waals surface area contributed by atoms with Gasteiger partial charge in [0.15, 0.2) is 5.69 Å². The van der Waals surface area contributed by atoms with E-state index in [1.807, 2.05) is 30.5 Å². The van der Waals surface area contributed by atoms with Gasteiger partial charge >= 0.3 is 0 Å². The number of para-hydroxylation sites is 1. The van der Waals surface area contributed by atoms with Crippen LogP contribution >= 0.6 is 12.4 Å². The molecule has 3 aliphatic heterocycles. The third-order valence-corrected chi connectivity index (χ3v) is 5.52. The summed E-state index contributed by atoms with van der Waals surface area (Å²) in [5.41, 5.74) is 1.88. The third-order valence-electron chi connectivity index (χ3n) is 5.52. The number of hydrogen-bond acceptors (Lipinski definition) is 5. The lowest BCUT2D eigenvalue weighted by atomic mass is 9.84. The quantitative estimate of drug-likeness (QED) is 0.656. The molecule has 1 atom stereocenters. The van der Waals surface area contributed by atoms with Crippen molar-refractivity contribution in [3.63, 3.8) is 0 Å². The molecule has 2 aromatic heterocycles. The second-order valence-corrected chi connectivity index (χ2v) is 6.99. The number of fused-ring (bicyclic) bond motifs is 4. The number of nitrogens with one attached hydrogen (secondary N) is 3. The Balaban J connectivity index is 0.00000168. The summed E-state index contributed by atoms with van der Waals surface area (Å²) in [6.07, 6.45) is 4.23. The summed E-state index contributed by atoms with van der Waals surface area (Å²) in [4.78, 5) is 21.1. The molecule has 0 amide bonds. The highest BCUT2D eigenvalue weighted by Crippen LogP contribution is 2.29. The number of aromatic nitrogens is 4. The van der Waals surface area contributed by atoms with Gasteiger partial charge in [-0.15, -0.1) is 22.6 Å². The van der Waals surface area contributed by atoms with Crippen LogP contribution in [0.1, 0.15) is 12.8 Å². The summed E-state index contributed by atoms with van der Waals surface area (Å²) in [5, 5.41) is 12.8. The number of anilines is 1. The van der Waals surface area contributed by atoms with E-state index in [9.17, 15) is 4.79 Å². The fourth-order valence-electron chi connectivity index (χ4n) is 4.15. The Labute approximate surface area is 156 Å². The van der Waals surface area contributed by atoms with E-state index >= 15 is 0 Å². The van der Waals surface area contributed by atoms with Crippen molar-refractivity contribution < 1.29 is 0 Å². The lowest BCUT2D eigenvalue weighted by Gasteiger charge is -2.44. The molecule has 26 heavy (non-hydrogen) atoms. The number of piperidine rings is 3. The minimum atomic E-state index is -0.219. The average molecular weight is 373 g/mol. The Kier molecular flexibility index (Phi) is 4.42. The molecule has 0 spiro atoms. The standard InChI is InChI=1S/C18H20N6O.ClH/c25-17-16(13-9-19-14-4-2-1-3-12(13)14)22-23-18(21-17)20-15-10-24-7-5-11(15)6-8-24;/h1-4,9,11,15,19H,5-8,10H2,(H2,20,21,23,25);1H/t15-;/m0./s1. The van der Waals surface area contributed by atoms with Crippen LogP contribution in [-0.2, 0) is 0 Å². The molecule has 3 aliphatic rings.